The normalized spacial score (nSPS) is 19.1. The third kappa shape index (κ3) is 3.86. The van der Waals surface area contributed by atoms with Crippen molar-refractivity contribution < 1.29 is 17.9 Å². The van der Waals surface area contributed by atoms with Crippen LogP contribution in [0.15, 0.2) is 24.3 Å². The number of ether oxygens (including phenoxy) is 1. The number of likely N-dealkylation sites (tertiary alicyclic amines) is 1. The molecule has 0 aliphatic carbocycles. The summed E-state index contributed by atoms with van der Waals surface area (Å²) >= 11 is 5.75. The van der Waals surface area contributed by atoms with Gasteiger partial charge in [0.1, 0.15) is 5.75 Å². The lowest BCUT2D eigenvalue weighted by atomic mass is 10.3. The fraction of sp³-hybridized carbons (Fsp3) is 0.462. The van der Waals surface area contributed by atoms with Crippen LogP contribution in [0.25, 0.3) is 0 Å². The molecule has 0 N–H and O–H groups in total. The van der Waals surface area contributed by atoms with Crippen LogP contribution in [0.5, 0.6) is 5.75 Å². The quantitative estimate of drug-likeness (QED) is 0.841. The summed E-state index contributed by atoms with van der Waals surface area (Å²) in [6.45, 7) is 0.611. The molecule has 0 radical (unpaired) electrons. The number of nitrogens with zero attached hydrogens (tertiary/aromatic N) is 1. The largest absolute Gasteiger partial charge is 0.484 e. The highest BCUT2D eigenvalue weighted by molar-refractivity contribution is 7.91. The van der Waals surface area contributed by atoms with E-state index in [4.69, 9.17) is 16.3 Å². The third-order valence-electron chi connectivity index (χ3n) is 3.28. The molecule has 0 saturated carbocycles. The molecule has 1 fully saturated rings. The van der Waals surface area contributed by atoms with Crippen LogP contribution in [0, 0.1) is 0 Å². The first-order valence-corrected chi connectivity index (χ1v) is 8.54. The molecule has 20 heavy (non-hydrogen) atoms. The van der Waals surface area contributed by atoms with Gasteiger partial charge in [0.05, 0.1) is 5.25 Å². The molecule has 1 aliphatic rings. The Bertz CT molecular complexity index is 585. The minimum Gasteiger partial charge on any atom is -0.484 e. The second kappa shape index (κ2) is 6.01. The lowest BCUT2D eigenvalue weighted by Gasteiger charge is -2.16. The fourth-order valence-electron chi connectivity index (χ4n) is 2.07. The van der Waals surface area contributed by atoms with Gasteiger partial charge in [-0.2, -0.15) is 0 Å². The van der Waals surface area contributed by atoms with E-state index in [1.807, 2.05) is 0 Å². The van der Waals surface area contributed by atoms with Gasteiger partial charge in [0.2, 0.25) is 0 Å². The van der Waals surface area contributed by atoms with Gasteiger partial charge in [-0.25, -0.2) is 8.42 Å². The monoisotopic (exact) mass is 317 g/mol. The molecule has 1 aromatic rings. The van der Waals surface area contributed by atoms with E-state index >= 15 is 0 Å². The van der Waals surface area contributed by atoms with Crippen LogP contribution in [0.2, 0.25) is 5.02 Å². The number of rotatable bonds is 4. The zero-order valence-corrected chi connectivity index (χ0v) is 12.7. The van der Waals surface area contributed by atoms with Gasteiger partial charge in [-0.15, -0.1) is 0 Å². The lowest BCUT2D eigenvalue weighted by Crippen LogP contribution is -2.34. The van der Waals surface area contributed by atoms with Crippen molar-refractivity contribution in [3.05, 3.63) is 29.3 Å². The maximum atomic E-state index is 11.9. The average molecular weight is 318 g/mol. The predicted octanol–water partition coefficient (Wildman–Crippen LogP) is 1.36. The minimum absolute atomic E-state index is 0.0991. The molecule has 5 nitrogen and oxygen atoms in total. The van der Waals surface area contributed by atoms with E-state index in [2.05, 4.69) is 0 Å². The first-order valence-electron chi connectivity index (χ1n) is 6.21. The molecule has 1 saturated heterocycles. The highest BCUT2D eigenvalue weighted by Crippen LogP contribution is 2.18. The molecular formula is C13H16ClNO4S. The van der Waals surface area contributed by atoms with E-state index in [1.54, 1.807) is 24.3 Å². The first kappa shape index (κ1) is 15.1. The van der Waals surface area contributed by atoms with Gasteiger partial charge in [0.25, 0.3) is 5.91 Å². The van der Waals surface area contributed by atoms with Crippen molar-refractivity contribution in [1.29, 1.82) is 0 Å². The standard InChI is InChI=1S/C13H16ClNO4S/c1-20(17,18)12-6-7-15(8-12)13(16)9-19-11-4-2-10(14)3-5-11/h2-5,12H,6-9H2,1H3. The Morgan fingerprint density at radius 1 is 1.40 bits per heavy atom. The maximum Gasteiger partial charge on any atom is 0.260 e. The fourth-order valence-corrected chi connectivity index (χ4v) is 3.18. The third-order valence-corrected chi connectivity index (χ3v) is 5.13. The SMILES string of the molecule is CS(=O)(=O)C1CCN(C(=O)COc2ccc(Cl)cc2)C1. The summed E-state index contributed by atoms with van der Waals surface area (Å²) in [5.41, 5.74) is 0. The number of halogens is 1. The molecule has 7 heteroatoms. The molecule has 110 valence electrons. The van der Waals surface area contributed by atoms with E-state index in [0.717, 1.165) is 0 Å². The van der Waals surface area contributed by atoms with Crippen LogP contribution in [-0.4, -0.2) is 50.4 Å². The van der Waals surface area contributed by atoms with Crippen molar-refractivity contribution in [2.24, 2.45) is 0 Å². The van der Waals surface area contributed by atoms with E-state index in [-0.39, 0.29) is 19.1 Å². The summed E-state index contributed by atoms with van der Waals surface area (Å²) in [5, 5.41) is 0.140. The summed E-state index contributed by atoms with van der Waals surface area (Å²) in [7, 11) is -3.09. The summed E-state index contributed by atoms with van der Waals surface area (Å²) in [6, 6.07) is 6.71. The molecule has 0 spiro atoms. The van der Waals surface area contributed by atoms with E-state index in [0.29, 0.717) is 23.7 Å². The molecule has 1 atom stereocenters. The molecule has 1 aliphatic heterocycles. The number of carbonyl (C=O) groups excluding carboxylic acids is 1. The predicted molar refractivity (Wildman–Crippen MR) is 76.8 cm³/mol. The number of amides is 1. The van der Waals surface area contributed by atoms with Crippen molar-refractivity contribution in [3.63, 3.8) is 0 Å². The van der Waals surface area contributed by atoms with Gasteiger partial charge < -0.3 is 9.64 Å². The van der Waals surface area contributed by atoms with Gasteiger partial charge >= 0.3 is 0 Å². The maximum absolute atomic E-state index is 11.9. The Labute approximate surface area is 123 Å². The Morgan fingerprint density at radius 3 is 2.60 bits per heavy atom. The van der Waals surface area contributed by atoms with Gasteiger partial charge in [-0.05, 0) is 30.7 Å². The number of carbonyl (C=O) groups is 1. The minimum atomic E-state index is -3.09. The van der Waals surface area contributed by atoms with Gasteiger partial charge in [0.15, 0.2) is 16.4 Å². The van der Waals surface area contributed by atoms with Crippen LogP contribution in [0.4, 0.5) is 0 Å². The second-order valence-electron chi connectivity index (χ2n) is 4.82. The smallest absolute Gasteiger partial charge is 0.260 e. The van der Waals surface area contributed by atoms with Crippen molar-refractivity contribution in [3.8, 4) is 5.75 Å². The summed E-state index contributed by atoms with van der Waals surface area (Å²) in [5.74, 6) is 0.354. The summed E-state index contributed by atoms with van der Waals surface area (Å²) < 4.78 is 28.2. The van der Waals surface area contributed by atoms with Crippen molar-refractivity contribution in [2.75, 3.05) is 26.0 Å². The Kier molecular flexibility index (Phi) is 4.55. The Balaban J connectivity index is 1.86. The average Bonchev–Trinajstić information content (AvgIpc) is 2.87. The second-order valence-corrected chi connectivity index (χ2v) is 7.58. The zero-order chi connectivity index (χ0) is 14.8. The topological polar surface area (TPSA) is 63.7 Å². The van der Waals surface area contributed by atoms with Crippen LogP contribution in [0.3, 0.4) is 0 Å². The molecule has 0 bridgehead atoms. The van der Waals surface area contributed by atoms with Crippen LogP contribution in [0.1, 0.15) is 6.42 Å². The highest BCUT2D eigenvalue weighted by Gasteiger charge is 2.32. The Hall–Kier alpha value is -1.27. The summed E-state index contributed by atoms with van der Waals surface area (Å²) in [4.78, 5) is 13.5. The molecule has 2 rings (SSSR count). The van der Waals surface area contributed by atoms with Gasteiger partial charge in [-0.3, -0.25) is 4.79 Å². The first-order chi connectivity index (χ1) is 9.36. The number of hydrogen-bond acceptors (Lipinski definition) is 4. The summed E-state index contributed by atoms with van der Waals surface area (Å²) in [6.07, 6.45) is 1.70. The lowest BCUT2D eigenvalue weighted by molar-refractivity contribution is -0.132. The van der Waals surface area contributed by atoms with E-state index < -0.39 is 15.1 Å². The number of hydrogen-bond donors (Lipinski definition) is 0. The molecular weight excluding hydrogens is 302 g/mol. The Morgan fingerprint density at radius 2 is 2.05 bits per heavy atom. The zero-order valence-electron chi connectivity index (χ0n) is 11.1. The number of benzene rings is 1. The van der Waals surface area contributed by atoms with Crippen molar-refractivity contribution >= 4 is 27.3 Å². The van der Waals surface area contributed by atoms with E-state index in [9.17, 15) is 13.2 Å². The molecule has 0 aromatic heterocycles. The molecule has 1 unspecified atom stereocenters. The van der Waals surface area contributed by atoms with E-state index in [1.165, 1.54) is 11.2 Å². The van der Waals surface area contributed by atoms with Crippen LogP contribution < -0.4 is 4.74 Å². The van der Waals surface area contributed by atoms with Gasteiger partial charge in [-0.1, -0.05) is 11.6 Å². The van der Waals surface area contributed by atoms with Crippen LogP contribution in [-0.2, 0) is 14.6 Å². The van der Waals surface area contributed by atoms with Crippen molar-refractivity contribution in [2.45, 2.75) is 11.7 Å². The number of sulfone groups is 1. The molecule has 1 amide bonds. The van der Waals surface area contributed by atoms with Crippen LogP contribution >= 0.6 is 11.6 Å². The molecule has 1 heterocycles. The highest BCUT2D eigenvalue weighted by atomic mass is 35.5. The van der Waals surface area contributed by atoms with Gasteiger partial charge in [0, 0.05) is 24.4 Å². The molecule has 1 aromatic carbocycles. The van der Waals surface area contributed by atoms with Crippen molar-refractivity contribution in [1.82, 2.24) is 4.90 Å².